The molecule has 220 valence electrons. The van der Waals surface area contributed by atoms with Crippen molar-refractivity contribution in [1.82, 2.24) is 9.13 Å². The van der Waals surface area contributed by atoms with Crippen LogP contribution in [-0.4, -0.2) is 9.13 Å². The highest BCUT2D eigenvalue weighted by atomic mass is 15.1. The normalized spacial score (nSPS) is 12.6. The van der Waals surface area contributed by atoms with E-state index >= 15 is 0 Å². The number of rotatable bonds is 5. The number of hydrogen-bond donors (Lipinski definition) is 4. The summed E-state index contributed by atoms with van der Waals surface area (Å²) < 4.78 is 4.51. The largest absolute Gasteiger partial charge is 0.399 e. The second-order valence-corrected chi connectivity index (χ2v) is 11.6. The molecule has 6 N–H and O–H groups in total. The summed E-state index contributed by atoms with van der Waals surface area (Å²) in [6, 6.07) is 35.3. The number of aromatic nitrogens is 2. The highest BCUT2D eigenvalue weighted by Crippen LogP contribution is 2.36. The number of nitrogens with two attached hydrogens (primary N) is 2. The van der Waals surface area contributed by atoms with E-state index in [9.17, 15) is 0 Å². The molecule has 7 heteroatoms. The van der Waals surface area contributed by atoms with Crippen LogP contribution < -0.4 is 27.0 Å². The number of anilines is 7. The molecule has 0 amide bonds. The van der Waals surface area contributed by atoms with Crippen molar-refractivity contribution in [2.24, 2.45) is 14.1 Å². The molecule has 0 bridgehead atoms. The molecule has 0 unspecified atom stereocenters. The molecule has 45 heavy (non-hydrogen) atoms. The zero-order valence-corrected chi connectivity index (χ0v) is 25.1. The van der Waals surface area contributed by atoms with Gasteiger partial charge in [-0.2, -0.15) is 0 Å². The minimum absolute atomic E-state index is 0.751. The van der Waals surface area contributed by atoms with Crippen molar-refractivity contribution in [3.05, 3.63) is 127 Å². The molecule has 7 nitrogen and oxygen atoms in total. The predicted molar refractivity (Wildman–Crippen MR) is 192 cm³/mol. The van der Waals surface area contributed by atoms with Crippen molar-refractivity contribution in [1.29, 1.82) is 0 Å². The summed E-state index contributed by atoms with van der Waals surface area (Å²) in [5, 5.41) is 10.6. The average molecular weight is 588 g/mol. The van der Waals surface area contributed by atoms with Crippen molar-refractivity contribution >= 4 is 84.7 Å². The monoisotopic (exact) mass is 587 g/mol. The number of benzene rings is 5. The van der Waals surface area contributed by atoms with Crippen LogP contribution in [0.2, 0.25) is 0 Å². The second kappa shape index (κ2) is 10.3. The number of aryl methyl sites for hydroxylation is 2. The lowest BCUT2D eigenvalue weighted by molar-refractivity contribution is 0.953. The molecular formula is C38H33N7. The molecule has 0 saturated carbocycles. The van der Waals surface area contributed by atoms with Gasteiger partial charge >= 0.3 is 0 Å². The lowest BCUT2D eigenvalue weighted by Gasteiger charge is -2.15. The highest BCUT2D eigenvalue weighted by molar-refractivity contribution is 6.10. The SMILES string of the molecule is Cn1c2c(c3cc(Nc4ccc(N)cc4)ccc31)C=CN(c1ccc3c(c1)c1cc(Nc4ccc(N)cc4)ccc1n3C)C=C2. The first-order valence-corrected chi connectivity index (χ1v) is 15.0. The fourth-order valence-corrected chi connectivity index (χ4v) is 6.39. The van der Waals surface area contributed by atoms with E-state index in [1.54, 1.807) is 0 Å². The van der Waals surface area contributed by atoms with Crippen molar-refractivity contribution in [3.63, 3.8) is 0 Å². The van der Waals surface area contributed by atoms with E-state index in [-0.39, 0.29) is 0 Å². The van der Waals surface area contributed by atoms with Gasteiger partial charge in [-0.25, -0.2) is 0 Å². The maximum Gasteiger partial charge on any atom is 0.0504 e. The van der Waals surface area contributed by atoms with Crippen LogP contribution in [0.5, 0.6) is 0 Å². The number of nitrogen functional groups attached to an aromatic ring is 2. The van der Waals surface area contributed by atoms with E-state index in [1.807, 2.05) is 48.5 Å². The standard InChI is InChI=1S/C38H33N7/c1-43-36-15-12-29(42-27-9-5-25(40)6-10-27)22-33(36)34-23-30(13-16-37(34)43)45-19-17-31-32-21-28(41-26-7-3-24(39)4-8-26)11-14-35(32)44(2)38(31)18-20-45/h3-23,41-42H,39-40H2,1-2H3. The number of fused-ring (bicyclic) bond motifs is 6. The summed E-state index contributed by atoms with van der Waals surface area (Å²) in [6.07, 6.45) is 8.72. The van der Waals surface area contributed by atoms with E-state index in [1.165, 1.54) is 38.3 Å². The van der Waals surface area contributed by atoms with Gasteiger partial charge in [-0.15, -0.1) is 0 Å². The number of hydrogen-bond acceptors (Lipinski definition) is 5. The molecule has 0 saturated heterocycles. The number of nitrogens with zero attached hydrogens (tertiary/aromatic N) is 3. The third kappa shape index (κ3) is 4.62. The van der Waals surface area contributed by atoms with E-state index in [4.69, 9.17) is 11.5 Å². The molecular weight excluding hydrogens is 554 g/mol. The predicted octanol–water partition coefficient (Wildman–Crippen LogP) is 8.94. The molecule has 2 aromatic heterocycles. The quantitative estimate of drug-likeness (QED) is 0.151. The Hall–Kier alpha value is -6.08. The first-order chi connectivity index (χ1) is 21.9. The minimum Gasteiger partial charge on any atom is -0.399 e. The van der Waals surface area contributed by atoms with Crippen molar-refractivity contribution in [3.8, 4) is 0 Å². The van der Waals surface area contributed by atoms with Gasteiger partial charge in [0.05, 0.1) is 5.69 Å². The molecule has 0 fully saturated rings. The van der Waals surface area contributed by atoms with E-state index in [0.717, 1.165) is 45.5 Å². The minimum atomic E-state index is 0.751. The summed E-state index contributed by atoms with van der Waals surface area (Å²) >= 11 is 0. The Bertz CT molecular complexity index is 2300. The molecule has 0 atom stereocenters. The Morgan fingerprint density at radius 1 is 0.489 bits per heavy atom. The lowest BCUT2D eigenvalue weighted by atomic mass is 10.1. The van der Waals surface area contributed by atoms with Crippen LogP contribution in [0.1, 0.15) is 11.3 Å². The molecule has 0 radical (unpaired) electrons. The van der Waals surface area contributed by atoms with Gasteiger partial charge in [-0.1, -0.05) is 0 Å². The van der Waals surface area contributed by atoms with Crippen LogP contribution in [-0.2, 0) is 14.1 Å². The summed E-state index contributed by atoms with van der Waals surface area (Å²) in [5.41, 5.74) is 24.4. The molecule has 5 aromatic carbocycles. The van der Waals surface area contributed by atoms with Gasteiger partial charge in [0.1, 0.15) is 0 Å². The Kier molecular flexibility index (Phi) is 6.06. The van der Waals surface area contributed by atoms with Gasteiger partial charge in [0, 0.05) is 105 Å². The van der Waals surface area contributed by atoms with Crippen LogP contribution in [0.25, 0.3) is 44.9 Å². The Balaban J connectivity index is 1.14. The molecule has 8 rings (SSSR count). The van der Waals surface area contributed by atoms with Gasteiger partial charge in [0.2, 0.25) is 0 Å². The van der Waals surface area contributed by atoms with Gasteiger partial charge in [0.15, 0.2) is 0 Å². The van der Waals surface area contributed by atoms with Gasteiger partial charge in [-0.3, -0.25) is 0 Å². The zero-order valence-electron chi connectivity index (χ0n) is 25.1. The third-order valence-corrected chi connectivity index (χ3v) is 8.77. The van der Waals surface area contributed by atoms with Crippen LogP contribution >= 0.6 is 0 Å². The van der Waals surface area contributed by atoms with Gasteiger partial charge in [-0.05, 0) is 115 Å². The van der Waals surface area contributed by atoms with Crippen LogP contribution in [0.15, 0.2) is 116 Å². The molecule has 0 spiro atoms. The first kappa shape index (κ1) is 26.5. The summed E-state index contributed by atoms with van der Waals surface area (Å²) in [6.45, 7) is 0. The average Bonchev–Trinajstić information content (AvgIpc) is 3.35. The van der Waals surface area contributed by atoms with Crippen molar-refractivity contribution < 1.29 is 0 Å². The fourth-order valence-electron chi connectivity index (χ4n) is 6.39. The maximum absolute atomic E-state index is 5.88. The zero-order chi connectivity index (χ0) is 30.7. The molecule has 1 aliphatic heterocycles. The van der Waals surface area contributed by atoms with Crippen molar-refractivity contribution in [2.75, 3.05) is 27.0 Å². The smallest absolute Gasteiger partial charge is 0.0504 e. The first-order valence-electron chi connectivity index (χ1n) is 15.0. The maximum atomic E-state index is 5.88. The summed E-state index contributed by atoms with van der Waals surface area (Å²) in [7, 11) is 4.25. The van der Waals surface area contributed by atoms with Gasteiger partial charge in [0.25, 0.3) is 0 Å². The summed E-state index contributed by atoms with van der Waals surface area (Å²) in [4.78, 5) is 2.19. The fraction of sp³-hybridized carbons (Fsp3) is 0.0526. The van der Waals surface area contributed by atoms with Crippen LogP contribution in [0.3, 0.4) is 0 Å². The summed E-state index contributed by atoms with van der Waals surface area (Å²) in [5.74, 6) is 0. The highest BCUT2D eigenvalue weighted by Gasteiger charge is 2.16. The van der Waals surface area contributed by atoms with E-state index in [2.05, 4.69) is 118 Å². The Morgan fingerprint density at radius 2 is 0.978 bits per heavy atom. The lowest BCUT2D eigenvalue weighted by Crippen LogP contribution is -2.05. The number of nitrogens with one attached hydrogen (secondary N) is 2. The second-order valence-electron chi connectivity index (χ2n) is 11.6. The Labute approximate surface area is 261 Å². The molecule has 3 heterocycles. The van der Waals surface area contributed by atoms with Gasteiger partial charge < -0.3 is 36.1 Å². The van der Waals surface area contributed by atoms with Crippen molar-refractivity contribution in [2.45, 2.75) is 0 Å². The third-order valence-electron chi connectivity index (χ3n) is 8.77. The Morgan fingerprint density at radius 3 is 1.60 bits per heavy atom. The van der Waals surface area contributed by atoms with E-state index in [0.29, 0.717) is 0 Å². The topological polar surface area (TPSA) is 89.2 Å². The van der Waals surface area contributed by atoms with Crippen LogP contribution in [0, 0.1) is 0 Å². The molecule has 1 aliphatic rings. The molecule has 7 aromatic rings. The van der Waals surface area contributed by atoms with Crippen LogP contribution in [0.4, 0.5) is 39.8 Å². The van der Waals surface area contributed by atoms with E-state index < -0.39 is 0 Å². The molecule has 0 aliphatic carbocycles.